The van der Waals surface area contributed by atoms with Crippen LogP contribution in [0.5, 0.6) is 0 Å². The van der Waals surface area contributed by atoms with Crippen molar-refractivity contribution in [2.75, 3.05) is 0 Å². The molecule has 19 heavy (non-hydrogen) atoms. The van der Waals surface area contributed by atoms with Gasteiger partial charge in [0.25, 0.3) is 0 Å². The predicted molar refractivity (Wildman–Crippen MR) is 70.9 cm³/mol. The van der Waals surface area contributed by atoms with Crippen molar-refractivity contribution in [2.24, 2.45) is 5.16 Å². The molecule has 1 aromatic carbocycles. The van der Waals surface area contributed by atoms with Gasteiger partial charge in [-0.3, -0.25) is 0 Å². The minimum absolute atomic E-state index is 0. The number of hydrogen-bond donors (Lipinski definition) is 1. The number of aromatic nitrogens is 1. The van der Waals surface area contributed by atoms with E-state index >= 15 is 0 Å². The summed E-state index contributed by atoms with van der Waals surface area (Å²) >= 11 is 0. The van der Waals surface area contributed by atoms with Gasteiger partial charge in [0, 0.05) is 17.7 Å². The standard InChI is InChI=1S/C15H16N2O.BrH/c1-12-6-8-14(9-7-12)11-17-10-4-3-5-15(17)13(2)16-18;/h3-10H,11H2,1-2H3;1H. The van der Waals surface area contributed by atoms with E-state index in [2.05, 4.69) is 40.9 Å². The molecule has 0 unspecified atom stereocenters. The molecule has 1 N–H and O–H groups in total. The lowest BCUT2D eigenvalue weighted by Gasteiger charge is -2.03. The van der Waals surface area contributed by atoms with Crippen molar-refractivity contribution in [3.05, 3.63) is 65.5 Å². The number of aryl methyl sites for hydroxylation is 1. The molecule has 0 aliphatic rings. The van der Waals surface area contributed by atoms with Gasteiger partial charge in [-0.25, -0.2) is 0 Å². The van der Waals surface area contributed by atoms with Gasteiger partial charge < -0.3 is 22.2 Å². The summed E-state index contributed by atoms with van der Waals surface area (Å²) < 4.78 is 2.07. The molecule has 0 amide bonds. The second-order valence-corrected chi connectivity index (χ2v) is 4.38. The molecule has 4 heteroatoms. The number of rotatable bonds is 3. The zero-order chi connectivity index (χ0) is 13.0. The quantitative estimate of drug-likeness (QED) is 0.353. The third-order valence-electron chi connectivity index (χ3n) is 2.93. The highest BCUT2D eigenvalue weighted by atomic mass is 79.9. The molecule has 3 nitrogen and oxygen atoms in total. The van der Waals surface area contributed by atoms with Crippen molar-refractivity contribution in [1.82, 2.24) is 0 Å². The Kier molecular flexibility index (Phi) is 5.70. The number of hydrogen-bond acceptors (Lipinski definition) is 2. The molecule has 0 radical (unpaired) electrons. The first-order valence-corrected chi connectivity index (χ1v) is 5.94. The fourth-order valence-electron chi connectivity index (χ4n) is 1.88. The molecule has 2 aromatic rings. The molecule has 100 valence electrons. The van der Waals surface area contributed by atoms with Crippen LogP contribution in [0, 0.1) is 6.92 Å². The number of nitrogens with zero attached hydrogens (tertiary/aromatic N) is 2. The van der Waals surface area contributed by atoms with E-state index in [9.17, 15) is 0 Å². The molecule has 1 heterocycles. The first-order chi connectivity index (χ1) is 8.70. The Bertz CT molecular complexity index is 565. The van der Waals surface area contributed by atoms with Crippen LogP contribution < -0.4 is 21.5 Å². The maximum absolute atomic E-state index is 8.89. The lowest BCUT2D eigenvalue weighted by molar-refractivity contribution is -0.689. The van der Waals surface area contributed by atoms with Crippen LogP contribution in [0.25, 0.3) is 0 Å². The minimum atomic E-state index is 0. The minimum Gasteiger partial charge on any atom is -1.00 e. The topological polar surface area (TPSA) is 36.5 Å². The van der Waals surface area contributed by atoms with Crippen molar-refractivity contribution >= 4 is 5.71 Å². The smallest absolute Gasteiger partial charge is 0.230 e. The molecule has 2 rings (SSSR count). The summed E-state index contributed by atoms with van der Waals surface area (Å²) in [5, 5.41) is 12.2. The average molecular weight is 321 g/mol. The fraction of sp³-hybridized carbons (Fsp3) is 0.200. The van der Waals surface area contributed by atoms with Gasteiger partial charge in [0.15, 0.2) is 12.7 Å². The van der Waals surface area contributed by atoms with Crippen LogP contribution >= 0.6 is 0 Å². The zero-order valence-corrected chi connectivity index (χ0v) is 12.6. The Labute approximate surface area is 124 Å². The monoisotopic (exact) mass is 320 g/mol. The van der Waals surface area contributed by atoms with Gasteiger partial charge in [0.05, 0.1) is 0 Å². The second kappa shape index (κ2) is 7.04. The molecule has 0 aliphatic carbocycles. The summed E-state index contributed by atoms with van der Waals surface area (Å²) in [5.41, 5.74) is 4.01. The predicted octanol–water partition coefficient (Wildman–Crippen LogP) is -0.467. The number of halogens is 1. The molecular weight excluding hydrogens is 304 g/mol. The van der Waals surface area contributed by atoms with Crippen molar-refractivity contribution in [3.63, 3.8) is 0 Å². The summed E-state index contributed by atoms with van der Waals surface area (Å²) in [7, 11) is 0. The van der Waals surface area contributed by atoms with Crippen molar-refractivity contribution < 1.29 is 26.8 Å². The molecule has 1 aromatic heterocycles. The van der Waals surface area contributed by atoms with E-state index in [1.54, 1.807) is 6.92 Å². The highest BCUT2D eigenvalue weighted by Gasteiger charge is 2.13. The van der Waals surface area contributed by atoms with Crippen molar-refractivity contribution in [3.8, 4) is 0 Å². The van der Waals surface area contributed by atoms with Gasteiger partial charge in [-0.15, -0.1) is 0 Å². The molecular formula is C15H17BrN2O. The molecule has 0 bridgehead atoms. The van der Waals surface area contributed by atoms with E-state index in [-0.39, 0.29) is 17.0 Å². The van der Waals surface area contributed by atoms with Gasteiger partial charge in [-0.2, -0.15) is 4.57 Å². The van der Waals surface area contributed by atoms with E-state index < -0.39 is 0 Å². The van der Waals surface area contributed by atoms with Crippen LogP contribution in [0.15, 0.2) is 53.8 Å². The lowest BCUT2D eigenvalue weighted by atomic mass is 10.1. The summed E-state index contributed by atoms with van der Waals surface area (Å²) in [4.78, 5) is 0. The van der Waals surface area contributed by atoms with Crippen molar-refractivity contribution in [1.29, 1.82) is 0 Å². The number of benzene rings is 1. The number of oxime groups is 1. The van der Waals surface area contributed by atoms with Crippen LogP contribution in [0.4, 0.5) is 0 Å². The molecule has 0 aliphatic heterocycles. The Morgan fingerprint density at radius 1 is 1.16 bits per heavy atom. The van der Waals surface area contributed by atoms with Gasteiger partial charge in [0.2, 0.25) is 5.69 Å². The van der Waals surface area contributed by atoms with E-state index in [0.717, 1.165) is 12.2 Å². The van der Waals surface area contributed by atoms with Crippen LogP contribution in [-0.4, -0.2) is 10.9 Å². The largest absolute Gasteiger partial charge is 1.00 e. The van der Waals surface area contributed by atoms with Crippen LogP contribution in [-0.2, 0) is 6.54 Å². The van der Waals surface area contributed by atoms with Crippen LogP contribution in [0.3, 0.4) is 0 Å². The molecule has 0 saturated heterocycles. The second-order valence-electron chi connectivity index (χ2n) is 4.38. The lowest BCUT2D eigenvalue weighted by Crippen LogP contribution is -3.00. The Morgan fingerprint density at radius 2 is 1.84 bits per heavy atom. The average Bonchev–Trinajstić information content (AvgIpc) is 2.41. The highest BCUT2D eigenvalue weighted by Crippen LogP contribution is 2.03. The van der Waals surface area contributed by atoms with Gasteiger partial charge >= 0.3 is 0 Å². The normalized spacial score (nSPS) is 10.9. The summed E-state index contributed by atoms with van der Waals surface area (Å²) in [6, 6.07) is 14.3. The van der Waals surface area contributed by atoms with Gasteiger partial charge in [-0.05, 0) is 19.9 Å². The summed E-state index contributed by atoms with van der Waals surface area (Å²) in [5.74, 6) is 0. The Hall–Kier alpha value is -1.68. The first-order valence-electron chi connectivity index (χ1n) is 5.94. The fourth-order valence-corrected chi connectivity index (χ4v) is 1.88. The Balaban J connectivity index is 0.00000180. The highest BCUT2D eigenvalue weighted by molar-refractivity contribution is 5.95. The maximum Gasteiger partial charge on any atom is 0.230 e. The molecule has 0 saturated carbocycles. The summed E-state index contributed by atoms with van der Waals surface area (Å²) in [6.45, 7) is 4.64. The third kappa shape index (κ3) is 3.89. The van der Waals surface area contributed by atoms with E-state index in [1.165, 1.54) is 11.1 Å². The third-order valence-corrected chi connectivity index (χ3v) is 2.93. The van der Waals surface area contributed by atoms with E-state index in [0.29, 0.717) is 5.71 Å². The number of pyridine rings is 1. The van der Waals surface area contributed by atoms with Crippen molar-refractivity contribution in [2.45, 2.75) is 20.4 Å². The SMILES string of the molecule is CC(=NO)c1cccc[n+]1Cc1ccc(C)cc1.[Br-]. The molecule has 0 fully saturated rings. The Morgan fingerprint density at radius 3 is 2.47 bits per heavy atom. The maximum atomic E-state index is 8.89. The van der Waals surface area contributed by atoms with Crippen LogP contribution in [0.1, 0.15) is 23.7 Å². The van der Waals surface area contributed by atoms with E-state index in [4.69, 9.17) is 5.21 Å². The first kappa shape index (κ1) is 15.4. The summed E-state index contributed by atoms with van der Waals surface area (Å²) in [6.07, 6.45) is 1.99. The van der Waals surface area contributed by atoms with Gasteiger partial charge in [-0.1, -0.05) is 35.0 Å². The zero-order valence-electron chi connectivity index (χ0n) is 11.0. The molecule has 0 spiro atoms. The molecule has 0 atom stereocenters. The van der Waals surface area contributed by atoms with Crippen LogP contribution in [0.2, 0.25) is 0 Å². The van der Waals surface area contributed by atoms with Gasteiger partial charge in [0.1, 0.15) is 5.71 Å². The van der Waals surface area contributed by atoms with E-state index in [1.807, 2.05) is 24.4 Å².